The molecule has 1 saturated carbocycles. The Morgan fingerprint density at radius 1 is 1.11 bits per heavy atom. The van der Waals surface area contributed by atoms with Crippen molar-refractivity contribution in [3.8, 4) is 11.3 Å². The van der Waals surface area contributed by atoms with Gasteiger partial charge < -0.3 is 25.0 Å². The summed E-state index contributed by atoms with van der Waals surface area (Å²) < 4.78 is 7.77. The first kappa shape index (κ1) is 25.7. The molecule has 0 spiro atoms. The highest BCUT2D eigenvalue weighted by atomic mass is 35.5. The zero-order valence-electron chi connectivity index (χ0n) is 20.5. The number of aliphatic imine (C=N–C) groups is 1. The number of nitrogens with two attached hydrogens (primary N) is 1. The Hall–Kier alpha value is -2.95. The molecule has 2 aromatic heterocycles. The number of carboxylic acid groups (broad SMARTS) is 1. The third kappa shape index (κ3) is 5.66. The number of aromatic nitrogens is 4. The summed E-state index contributed by atoms with van der Waals surface area (Å²) in [6.07, 6.45) is 3.24. The Balaban J connectivity index is 1.74. The molecule has 10 nitrogen and oxygen atoms in total. The first-order valence-electron chi connectivity index (χ1n) is 12.4. The molecule has 2 fully saturated rings. The van der Waals surface area contributed by atoms with Crippen LogP contribution in [0.25, 0.3) is 22.4 Å². The molecule has 2 aliphatic rings. The van der Waals surface area contributed by atoms with Crippen molar-refractivity contribution in [3.63, 3.8) is 0 Å². The number of nitrogens with zero attached hydrogens (tertiary/aromatic N) is 6. The first-order valence-corrected chi connectivity index (χ1v) is 13.2. The highest BCUT2D eigenvalue weighted by molar-refractivity contribution is 6.35. The van der Waals surface area contributed by atoms with Crippen molar-refractivity contribution in [1.29, 1.82) is 0 Å². The van der Waals surface area contributed by atoms with Crippen molar-refractivity contribution in [1.82, 2.24) is 19.5 Å². The summed E-state index contributed by atoms with van der Waals surface area (Å²) in [5.41, 5.74) is 8.28. The summed E-state index contributed by atoms with van der Waals surface area (Å²) in [4.78, 5) is 31.0. The Labute approximate surface area is 224 Å². The third-order valence-corrected chi connectivity index (χ3v) is 7.47. The van der Waals surface area contributed by atoms with Crippen LogP contribution in [-0.2, 0) is 11.3 Å². The first-order chi connectivity index (χ1) is 17.8. The van der Waals surface area contributed by atoms with Crippen LogP contribution in [-0.4, -0.2) is 62.9 Å². The van der Waals surface area contributed by atoms with Crippen molar-refractivity contribution in [2.45, 2.75) is 39.2 Å². The summed E-state index contributed by atoms with van der Waals surface area (Å²) in [5.74, 6) is 1.67. The van der Waals surface area contributed by atoms with Gasteiger partial charge >= 0.3 is 6.09 Å². The summed E-state index contributed by atoms with van der Waals surface area (Å²) in [6, 6.07) is 5.17. The summed E-state index contributed by atoms with van der Waals surface area (Å²) in [6.45, 7) is 5.69. The van der Waals surface area contributed by atoms with Gasteiger partial charge in [0, 0.05) is 35.2 Å². The van der Waals surface area contributed by atoms with E-state index in [2.05, 4.69) is 31.4 Å². The maximum absolute atomic E-state index is 11.2. The fourth-order valence-electron chi connectivity index (χ4n) is 5.13. The van der Waals surface area contributed by atoms with Crippen LogP contribution in [0.2, 0.25) is 10.0 Å². The van der Waals surface area contributed by atoms with Gasteiger partial charge in [0.05, 0.1) is 13.2 Å². The summed E-state index contributed by atoms with van der Waals surface area (Å²) in [7, 11) is 0. The van der Waals surface area contributed by atoms with Gasteiger partial charge in [0.1, 0.15) is 11.2 Å². The lowest BCUT2D eigenvalue weighted by molar-refractivity contribution is 0.121. The lowest BCUT2D eigenvalue weighted by atomic mass is 9.83. The molecule has 0 radical (unpaired) electrons. The number of carbonyl (C=O) groups is 1. The SMILES string of the molecule is CC1CCC(Cn2c(N3CCOCC3)nc3nc(C(N)=NC(=O)O)nc(-c4cc(Cl)cc(Cl)c4)c32)CC1. The van der Waals surface area contributed by atoms with Gasteiger partial charge in [-0.25, -0.2) is 14.8 Å². The molecule has 3 N–H and O–H groups in total. The number of amidine groups is 1. The fourth-order valence-corrected chi connectivity index (χ4v) is 5.66. The molecular formula is C25H29Cl2N7O3. The zero-order chi connectivity index (χ0) is 26.1. The van der Waals surface area contributed by atoms with Gasteiger partial charge in [-0.2, -0.15) is 9.98 Å². The molecular weight excluding hydrogens is 517 g/mol. The molecule has 1 saturated heterocycles. The number of halogens is 2. The van der Waals surface area contributed by atoms with Crippen LogP contribution in [0.1, 0.15) is 38.4 Å². The molecule has 5 rings (SSSR count). The minimum Gasteiger partial charge on any atom is -0.463 e. The second kappa shape index (κ2) is 10.8. The Bertz CT molecular complexity index is 1330. The van der Waals surface area contributed by atoms with E-state index >= 15 is 0 Å². The number of anilines is 1. The molecule has 12 heteroatoms. The predicted molar refractivity (Wildman–Crippen MR) is 144 cm³/mol. The van der Waals surface area contributed by atoms with Crippen molar-refractivity contribution < 1.29 is 14.6 Å². The standard InChI is InChI=1S/C25H29Cl2N7O3/c1-14-2-4-15(5-3-14)13-34-20-19(16-10-17(26)12-18(27)11-16)29-23(21(28)30-25(35)36)31-22(20)32-24(34)33-6-8-37-9-7-33/h10-12,14-15H,2-9,13H2,1H3,(H2,28,30)(H,35,36). The lowest BCUT2D eigenvalue weighted by Gasteiger charge is -2.31. The topological polar surface area (TPSA) is 132 Å². The van der Waals surface area contributed by atoms with Crippen LogP contribution in [0.3, 0.4) is 0 Å². The number of benzene rings is 1. The second-order valence-electron chi connectivity index (χ2n) is 9.75. The fraction of sp³-hybridized carbons (Fsp3) is 0.480. The van der Waals surface area contributed by atoms with E-state index < -0.39 is 6.09 Å². The van der Waals surface area contributed by atoms with E-state index in [0.29, 0.717) is 59.2 Å². The van der Waals surface area contributed by atoms with Crippen molar-refractivity contribution in [3.05, 3.63) is 34.1 Å². The van der Waals surface area contributed by atoms with Crippen LogP contribution < -0.4 is 10.6 Å². The molecule has 0 unspecified atom stereocenters. The highest BCUT2D eigenvalue weighted by Crippen LogP contribution is 2.36. The summed E-state index contributed by atoms with van der Waals surface area (Å²) >= 11 is 12.7. The molecule has 1 amide bonds. The number of hydrogen-bond acceptors (Lipinski definition) is 6. The van der Waals surface area contributed by atoms with Gasteiger partial charge in [-0.05, 0) is 42.9 Å². The summed E-state index contributed by atoms with van der Waals surface area (Å²) in [5, 5.41) is 10.0. The van der Waals surface area contributed by atoms with Crippen LogP contribution >= 0.6 is 23.2 Å². The zero-order valence-corrected chi connectivity index (χ0v) is 22.0. The van der Waals surface area contributed by atoms with Gasteiger partial charge in [0.15, 0.2) is 17.3 Å². The van der Waals surface area contributed by atoms with E-state index in [0.717, 1.165) is 36.8 Å². The van der Waals surface area contributed by atoms with Crippen LogP contribution in [0, 0.1) is 11.8 Å². The van der Waals surface area contributed by atoms with Gasteiger partial charge in [0.2, 0.25) is 5.95 Å². The lowest BCUT2D eigenvalue weighted by Crippen LogP contribution is -2.38. The average Bonchev–Trinajstić information content (AvgIpc) is 3.22. The molecule has 0 atom stereocenters. The van der Waals surface area contributed by atoms with Gasteiger partial charge in [0.25, 0.3) is 0 Å². The molecule has 1 aromatic carbocycles. The molecule has 1 aliphatic carbocycles. The number of morpholine rings is 1. The minimum atomic E-state index is -1.43. The van der Waals surface area contributed by atoms with E-state index in [-0.39, 0.29) is 11.7 Å². The van der Waals surface area contributed by atoms with Crippen LogP contribution in [0.15, 0.2) is 23.2 Å². The van der Waals surface area contributed by atoms with Crippen molar-refractivity contribution >= 4 is 52.2 Å². The number of ether oxygens (including phenoxy) is 1. The second-order valence-corrected chi connectivity index (χ2v) is 10.6. The number of imidazole rings is 1. The van der Waals surface area contributed by atoms with Gasteiger partial charge in [-0.1, -0.05) is 43.0 Å². The van der Waals surface area contributed by atoms with Crippen LogP contribution in [0.5, 0.6) is 0 Å². The van der Waals surface area contributed by atoms with E-state index in [1.807, 2.05) is 0 Å². The Morgan fingerprint density at radius 2 is 1.78 bits per heavy atom. The van der Waals surface area contributed by atoms with E-state index in [1.165, 1.54) is 12.8 Å². The maximum Gasteiger partial charge on any atom is 0.433 e. The quantitative estimate of drug-likeness (QED) is 0.343. The Kier molecular flexibility index (Phi) is 7.50. The molecule has 196 valence electrons. The molecule has 3 aromatic rings. The smallest absolute Gasteiger partial charge is 0.433 e. The highest BCUT2D eigenvalue weighted by Gasteiger charge is 2.28. The predicted octanol–water partition coefficient (Wildman–Crippen LogP) is 4.85. The normalized spacial score (nSPS) is 20.9. The molecule has 0 bridgehead atoms. The minimum absolute atomic E-state index is 0.0225. The average molecular weight is 546 g/mol. The van der Waals surface area contributed by atoms with E-state index in [9.17, 15) is 4.79 Å². The Morgan fingerprint density at radius 3 is 2.43 bits per heavy atom. The van der Waals surface area contributed by atoms with E-state index in [1.54, 1.807) is 18.2 Å². The number of fused-ring (bicyclic) bond motifs is 1. The van der Waals surface area contributed by atoms with Crippen LogP contribution in [0.4, 0.5) is 10.7 Å². The number of amides is 1. The third-order valence-electron chi connectivity index (χ3n) is 7.03. The number of rotatable bonds is 5. The molecule has 37 heavy (non-hydrogen) atoms. The largest absolute Gasteiger partial charge is 0.463 e. The maximum atomic E-state index is 11.2. The van der Waals surface area contributed by atoms with Gasteiger partial charge in [-0.15, -0.1) is 0 Å². The molecule has 1 aliphatic heterocycles. The monoisotopic (exact) mass is 545 g/mol. The van der Waals surface area contributed by atoms with Gasteiger partial charge in [-0.3, -0.25) is 0 Å². The van der Waals surface area contributed by atoms with Crippen molar-refractivity contribution in [2.75, 3.05) is 31.2 Å². The molecule has 3 heterocycles. The van der Waals surface area contributed by atoms with E-state index in [4.69, 9.17) is 43.8 Å². The van der Waals surface area contributed by atoms with Crippen molar-refractivity contribution in [2.24, 2.45) is 22.6 Å². The number of hydrogen-bond donors (Lipinski definition) is 2.